The molecule has 0 saturated carbocycles. The Balaban J connectivity index is 1.66. The summed E-state index contributed by atoms with van der Waals surface area (Å²) in [6, 6.07) is 38.0. The summed E-state index contributed by atoms with van der Waals surface area (Å²) in [5.41, 5.74) is 2.78. The molecular weight excluding hydrogens is 528 g/mol. The summed E-state index contributed by atoms with van der Waals surface area (Å²) in [5.74, 6) is 0.780. The molecular formula is C36H40O4S. The van der Waals surface area contributed by atoms with Crippen LogP contribution in [0, 0.1) is 0 Å². The molecule has 0 aliphatic carbocycles. The number of unbranched alkanes of at least 4 members (excludes halogenated alkanes) is 3. The Morgan fingerprint density at radius 1 is 0.707 bits per heavy atom. The quantitative estimate of drug-likeness (QED) is 0.100. The van der Waals surface area contributed by atoms with E-state index < -0.39 is 5.60 Å². The highest BCUT2D eigenvalue weighted by molar-refractivity contribution is 8.14. The van der Waals surface area contributed by atoms with Crippen molar-refractivity contribution in [1.82, 2.24) is 0 Å². The third-order valence-corrected chi connectivity index (χ3v) is 8.13. The van der Waals surface area contributed by atoms with Crippen LogP contribution in [0.15, 0.2) is 115 Å². The lowest BCUT2D eigenvalue weighted by molar-refractivity contribution is 0.00241. The number of thioether (sulfide) groups is 1. The smallest absolute Gasteiger partial charge is 0.219 e. The molecule has 0 unspecified atom stereocenters. The lowest BCUT2D eigenvalue weighted by atomic mass is 9.80. The molecule has 4 nitrogen and oxygen atoms in total. The van der Waals surface area contributed by atoms with Crippen LogP contribution in [0.5, 0.6) is 5.75 Å². The van der Waals surface area contributed by atoms with Gasteiger partial charge in [-0.15, -0.1) is 0 Å². The van der Waals surface area contributed by atoms with E-state index in [0.29, 0.717) is 25.4 Å². The van der Waals surface area contributed by atoms with E-state index in [4.69, 9.17) is 14.2 Å². The second-order valence-electron chi connectivity index (χ2n) is 9.98. The largest absolute Gasteiger partial charge is 0.497 e. The van der Waals surface area contributed by atoms with E-state index in [2.05, 4.69) is 43.3 Å². The first-order chi connectivity index (χ1) is 20.2. The predicted molar refractivity (Wildman–Crippen MR) is 169 cm³/mol. The van der Waals surface area contributed by atoms with Crippen LogP contribution in [0.1, 0.15) is 59.7 Å². The maximum atomic E-state index is 13.3. The van der Waals surface area contributed by atoms with Gasteiger partial charge in [-0.3, -0.25) is 4.79 Å². The van der Waals surface area contributed by atoms with Crippen molar-refractivity contribution in [2.24, 2.45) is 0 Å². The molecule has 0 fully saturated rings. The van der Waals surface area contributed by atoms with Gasteiger partial charge in [0.2, 0.25) is 5.12 Å². The first-order valence-corrected chi connectivity index (χ1v) is 15.3. The second kappa shape index (κ2) is 16.2. The minimum absolute atomic E-state index is 0.0169. The SMILES string of the molecule is CCCCCCOC[C@H](COC(c1ccccc1)(c1ccccc1)c1ccc(OC)cc1)SC(=O)c1ccccc1. The Bertz CT molecular complexity index is 1250. The Labute approximate surface area is 249 Å². The van der Waals surface area contributed by atoms with Gasteiger partial charge in [0.1, 0.15) is 11.4 Å². The first kappa shape index (κ1) is 30.6. The lowest BCUT2D eigenvalue weighted by Gasteiger charge is -2.37. The molecule has 0 aliphatic heterocycles. The second-order valence-corrected chi connectivity index (χ2v) is 11.3. The number of carbonyl (C=O) groups excluding carboxylic acids is 1. The Morgan fingerprint density at radius 3 is 1.83 bits per heavy atom. The highest BCUT2D eigenvalue weighted by Gasteiger charge is 2.38. The van der Waals surface area contributed by atoms with E-state index in [1.54, 1.807) is 7.11 Å². The fraction of sp³-hybridized carbons (Fsp3) is 0.306. The van der Waals surface area contributed by atoms with Gasteiger partial charge >= 0.3 is 0 Å². The number of hydrogen-bond donors (Lipinski definition) is 0. The van der Waals surface area contributed by atoms with E-state index in [1.807, 2.05) is 78.9 Å². The highest BCUT2D eigenvalue weighted by Crippen LogP contribution is 2.41. The third kappa shape index (κ3) is 8.32. The predicted octanol–water partition coefficient (Wildman–Crippen LogP) is 8.54. The van der Waals surface area contributed by atoms with Crippen molar-refractivity contribution in [1.29, 1.82) is 0 Å². The zero-order valence-corrected chi connectivity index (χ0v) is 24.9. The number of ether oxygens (including phenoxy) is 3. The molecule has 1 atom stereocenters. The molecule has 0 heterocycles. The lowest BCUT2D eigenvalue weighted by Crippen LogP contribution is -2.36. The van der Waals surface area contributed by atoms with Crippen molar-refractivity contribution in [3.05, 3.63) is 138 Å². The van der Waals surface area contributed by atoms with Gasteiger partial charge in [0.05, 0.1) is 25.6 Å². The number of methoxy groups -OCH3 is 1. The van der Waals surface area contributed by atoms with E-state index in [9.17, 15) is 4.79 Å². The number of hydrogen-bond acceptors (Lipinski definition) is 5. The van der Waals surface area contributed by atoms with Crippen molar-refractivity contribution in [3.63, 3.8) is 0 Å². The summed E-state index contributed by atoms with van der Waals surface area (Å²) < 4.78 is 18.6. The molecule has 4 rings (SSSR count). The van der Waals surface area contributed by atoms with Gasteiger partial charge < -0.3 is 14.2 Å². The van der Waals surface area contributed by atoms with Gasteiger partial charge in [0.15, 0.2) is 0 Å². The van der Waals surface area contributed by atoms with Crippen molar-refractivity contribution in [3.8, 4) is 5.75 Å². The molecule has 41 heavy (non-hydrogen) atoms. The van der Waals surface area contributed by atoms with Crippen LogP contribution in [0.25, 0.3) is 0 Å². The average Bonchev–Trinajstić information content (AvgIpc) is 3.04. The molecule has 214 valence electrons. The molecule has 0 bridgehead atoms. The van der Waals surface area contributed by atoms with Crippen LogP contribution in [-0.4, -0.2) is 37.3 Å². The number of benzene rings is 4. The molecule has 5 heteroatoms. The summed E-state index contributed by atoms with van der Waals surface area (Å²) in [4.78, 5) is 13.3. The molecule has 0 amide bonds. The van der Waals surface area contributed by atoms with Crippen molar-refractivity contribution >= 4 is 16.9 Å². The summed E-state index contributed by atoms with van der Waals surface area (Å²) in [6.07, 6.45) is 4.55. The summed E-state index contributed by atoms with van der Waals surface area (Å²) in [7, 11) is 1.67. The molecule has 0 aliphatic rings. The minimum atomic E-state index is -0.898. The average molecular weight is 569 g/mol. The monoisotopic (exact) mass is 568 g/mol. The molecule has 0 radical (unpaired) electrons. The molecule has 4 aromatic rings. The van der Waals surface area contributed by atoms with Crippen molar-refractivity contribution < 1.29 is 19.0 Å². The van der Waals surface area contributed by atoms with E-state index >= 15 is 0 Å². The molecule has 0 saturated heterocycles. The fourth-order valence-electron chi connectivity index (χ4n) is 4.89. The van der Waals surface area contributed by atoms with Crippen molar-refractivity contribution in [2.45, 2.75) is 43.5 Å². The van der Waals surface area contributed by atoms with Gasteiger partial charge in [-0.25, -0.2) is 0 Å². The van der Waals surface area contributed by atoms with Gasteiger partial charge in [-0.05, 0) is 35.2 Å². The van der Waals surface area contributed by atoms with Gasteiger partial charge in [0, 0.05) is 12.2 Å². The van der Waals surface area contributed by atoms with Crippen LogP contribution in [-0.2, 0) is 15.1 Å². The maximum Gasteiger partial charge on any atom is 0.219 e. The Kier molecular flexibility index (Phi) is 12.1. The number of rotatable bonds is 16. The zero-order chi connectivity index (χ0) is 28.8. The summed E-state index contributed by atoms with van der Waals surface area (Å²) in [6.45, 7) is 3.62. The standard InChI is InChI=1S/C36H40O4S/c1-3-4-5-15-26-39-27-34(41-35(37)29-16-9-6-10-17-29)28-40-36(30-18-11-7-12-19-30,31-20-13-8-14-21-31)32-22-24-33(38-2)25-23-32/h6-14,16-25,34H,3-5,15,26-28H2,1-2H3/t34-/m1/s1. The van der Waals surface area contributed by atoms with Gasteiger partial charge in [-0.1, -0.05) is 141 Å². The van der Waals surface area contributed by atoms with Crippen LogP contribution >= 0.6 is 11.8 Å². The van der Waals surface area contributed by atoms with Crippen LogP contribution in [0.2, 0.25) is 0 Å². The van der Waals surface area contributed by atoms with E-state index in [-0.39, 0.29) is 10.4 Å². The first-order valence-electron chi connectivity index (χ1n) is 14.4. The summed E-state index contributed by atoms with van der Waals surface area (Å²) in [5, 5.41) is -0.179. The topological polar surface area (TPSA) is 44.8 Å². The molecule has 0 aromatic heterocycles. The highest BCUT2D eigenvalue weighted by atomic mass is 32.2. The van der Waals surface area contributed by atoms with Crippen LogP contribution < -0.4 is 4.74 Å². The Morgan fingerprint density at radius 2 is 1.27 bits per heavy atom. The van der Waals surface area contributed by atoms with Crippen LogP contribution in [0.4, 0.5) is 0 Å². The van der Waals surface area contributed by atoms with Crippen molar-refractivity contribution in [2.75, 3.05) is 26.9 Å². The van der Waals surface area contributed by atoms with Crippen LogP contribution in [0.3, 0.4) is 0 Å². The Hall–Kier alpha value is -3.38. The maximum absolute atomic E-state index is 13.3. The van der Waals surface area contributed by atoms with E-state index in [0.717, 1.165) is 35.3 Å². The fourth-order valence-corrected chi connectivity index (χ4v) is 5.77. The van der Waals surface area contributed by atoms with Gasteiger partial charge in [0.25, 0.3) is 0 Å². The zero-order valence-electron chi connectivity index (χ0n) is 24.0. The molecule has 0 spiro atoms. The third-order valence-electron chi connectivity index (χ3n) is 7.07. The molecule has 4 aromatic carbocycles. The molecule has 0 N–H and O–H groups in total. The van der Waals surface area contributed by atoms with Gasteiger partial charge in [-0.2, -0.15) is 0 Å². The number of carbonyl (C=O) groups is 1. The normalized spacial score (nSPS) is 12.1. The van der Waals surface area contributed by atoms with E-state index in [1.165, 1.54) is 24.6 Å². The minimum Gasteiger partial charge on any atom is -0.497 e. The summed E-state index contributed by atoms with van der Waals surface area (Å²) >= 11 is 1.29.